The van der Waals surface area contributed by atoms with Gasteiger partial charge in [-0.05, 0) is 6.92 Å². The van der Waals surface area contributed by atoms with Crippen molar-refractivity contribution < 1.29 is 14.4 Å². The number of carbonyl (C=O) groups excluding carboxylic acids is 3. The fraction of sp³-hybridized carbons (Fsp3) is 0.375. The summed E-state index contributed by atoms with van der Waals surface area (Å²) in [5, 5.41) is 4.53. The zero-order chi connectivity index (χ0) is 10.3. The number of nitrogens with one attached hydrogen (secondary N) is 2. The molecule has 0 aromatic carbocycles. The number of hydrogen-bond acceptors (Lipinski definition) is 3. The second-order valence-electron chi connectivity index (χ2n) is 2.38. The maximum atomic E-state index is 10.9. The van der Waals surface area contributed by atoms with Crippen LogP contribution in [0.15, 0.2) is 12.2 Å². The minimum absolute atomic E-state index is 0.159. The first kappa shape index (κ1) is 11.4. The first-order valence-electron chi connectivity index (χ1n) is 3.63. The molecule has 2 amide bonds. The Hall–Kier alpha value is -1.65. The van der Waals surface area contributed by atoms with Crippen LogP contribution in [0.4, 0.5) is 0 Å². The topological polar surface area (TPSA) is 75.3 Å². The minimum atomic E-state index is -0.432. The fourth-order valence-corrected chi connectivity index (χ4v) is 0.509. The van der Waals surface area contributed by atoms with Crippen LogP contribution in [-0.2, 0) is 14.4 Å². The molecule has 0 saturated carbocycles. The van der Waals surface area contributed by atoms with Crippen LogP contribution in [0.5, 0.6) is 0 Å². The van der Waals surface area contributed by atoms with Gasteiger partial charge in [0.05, 0.1) is 13.1 Å². The average Bonchev–Trinajstić information content (AvgIpc) is 2.10. The molecule has 0 atom stereocenters. The van der Waals surface area contributed by atoms with Gasteiger partial charge in [-0.15, -0.1) is 0 Å². The summed E-state index contributed by atoms with van der Waals surface area (Å²) in [5.41, 5.74) is 0.328. The second-order valence-corrected chi connectivity index (χ2v) is 2.38. The maximum Gasteiger partial charge on any atom is 0.246 e. The zero-order valence-corrected chi connectivity index (χ0v) is 7.35. The maximum absolute atomic E-state index is 10.9. The van der Waals surface area contributed by atoms with E-state index in [2.05, 4.69) is 17.2 Å². The molecule has 5 nitrogen and oxygen atoms in total. The van der Waals surface area contributed by atoms with Crippen LogP contribution >= 0.6 is 0 Å². The summed E-state index contributed by atoms with van der Waals surface area (Å²) >= 11 is 0. The Balaban J connectivity index is 3.63. The summed E-state index contributed by atoms with van der Waals surface area (Å²) in [6.45, 7) is 4.60. The molecule has 0 fully saturated rings. The lowest BCUT2D eigenvalue weighted by molar-refractivity contribution is -0.124. The van der Waals surface area contributed by atoms with E-state index in [1.54, 1.807) is 0 Å². The Morgan fingerprint density at radius 3 is 2.46 bits per heavy atom. The molecule has 0 aliphatic heterocycles. The van der Waals surface area contributed by atoms with Crippen molar-refractivity contribution in [3.05, 3.63) is 12.2 Å². The van der Waals surface area contributed by atoms with E-state index in [1.165, 1.54) is 13.2 Å². The Bertz CT molecular complexity index is 236. The van der Waals surface area contributed by atoms with E-state index < -0.39 is 5.91 Å². The molecule has 0 heterocycles. The van der Waals surface area contributed by atoms with E-state index in [4.69, 9.17) is 0 Å². The van der Waals surface area contributed by atoms with Gasteiger partial charge in [0.2, 0.25) is 18.1 Å². The number of rotatable bonds is 5. The van der Waals surface area contributed by atoms with E-state index >= 15 is 0 Å². The van der Waals surface area contributed by atoms with Gasteiger partial charge in [-0.3, -0.25) is 14.4 Å². The van der Waals surface area contributed by atoms with Crippen molar-refractivity contribution in [2.45, 2.75) is 6.92 Å². The van der Waals surface area contributed by atoms with Crippen molar-refractivity contribution in [2.75, 3.05) is 13.1 Å². The summed E-state index contributed by atoms with van der Waals surface area (Å²) in [7, 11) is 0. The third-order valence-electron chi connectivity index (χ3n) is 1.15. The van der Waals surface area contributed by atoms with Gasteiger partial charge in [0.1, 0.15) is 0 Å². The number of amides is 2. The first-order chi connectivity index (χ1) is 6.07. The van der Waals surface area contributed by atoms with Crippen LogP contribution in [0.3, 0.4) is 0 Å². The van der Waals surface area contributed by atoms with Crippen molar-refractivity contribution in [2.24, 2.45) is 0 Å². The smallest absolute Gasteiger partial charge is 0.246 e. The number of hydrogen-bond donors (Lipinski definition) is 2. The summed E-state index contributed by atoms with van der Waals surface area (Å²) in [6, 6.07) is 0. The zero-order valence-electron chi connectivity index (χ0n) is 7.35. The van der Waals surface area contributed by atoms with Gasteiger partial charge in [-0.2, -0.15) is 0 Å². The molecule has 0 bridgehead atoms. The van der Waals surface area contributed by atoms with Crippen LogP contribution in [0.1, 0.15) is 6.92 Å². The monoisotopic (exact) mass is 183 g/mol. The molecule has 0 aromatic rings. The van der Waals surface area contributed by atoms with Gasteiger partial charge in [0.15, 0.2) is 0 Å². The molecule has 71 valence electrons. The Labute approximate surface area is 76.2 Å². The quantitative estimate of drug-likeness (QED) is 0.531. The molecule has 1 radical (unpaired) electrons. The van der Waals surface area contributed by atoms with Crippen LogP contribution < -0.4 is 10.6 Å². The number of carbonyl (C=O) groups is 2. The normalized spacial score (nSPS) is 8.69. The first-order valence-corrected chi connectivity index (χ1v) is 3.63. The summed E-state index contributed by atoms with van der Waals surface area (Å²) in [4.78, 5) is 31.4. The van der Waals surface area contributed by atoms with Crippen molar-refractivity contribution >= 4 is 18.1 Å². The van der Waals surface area contributed by atoms with Gasteiger partial charge < -0.3 is 10.6 Å². The molecule has 2 N–H and O–H groups in total. The van der Waals surface area contributed by atoms with Gasteiger partial charge in [-0.25, -0.2) is 0 Å². The highest BCUT2D eigenvalue weighted by Gasteiger charge is 2.04. The predicted octanol–water partition coefficient (Wildman–Crippen LogP) is -1.10. The molecule has 5 heteroatoms. The highest BCUT2D eigenvalue weighted by molar-refractivity contribution is 5.94. The molecule has 0 aromatic heterocycles. The molecular formula is C8H11N2O3. The van der Waals surface area contributed by atoms with E-state index in [0.29, 0.717) is 5.57 Å². The summed E-state index contributed by atoms with van der Waals surface area (Å²) in [5.74, 6) is -0.816. The highest BCUT2D eigenvalue weighted by atomic mass is 16.2. The van der Waals surface area contributed by atoms with Gasteiger partial charge in [-0.1, -0.05) is 6.58 Å². The minimum Gasteiger partial charge on any atom is -0.347 e. The standard InChI is InChI=1S/C8H11N2O3/c1-6(2)8(13)10-5-7(12)9-3-4-11/h1,3,5H2,2H3,(H,9,12)(H,10,13). The van der Waals surface area contributed by atoms with Gasteiger partial charge in [0, 0.05) is 5.57 Å². The lowest BCUT2D eigenvalue weighted by Gasteiger charge is -2.03. The molecule has 13 heavy (non-hydrogen) atoms. The molecule has 0 aliphatic carbocycles. The van der Waals surface area contributed by atoms with E-state index in [9.17, 15) is 14.4 Å². The van der Waals surface area contributed by atoms with Gasteiger partial charge in [0.25, 0.3) is 0 Å². The largest absolute Gasteiger partial charge is 0.347 e. The van der Waals surface area contributed by atoms with E-state index in [1.807, 2.05) is 0 Å². The lowest BCUT2D eigenvalue weighted by Crippen LogP contribution is -2.37. The molecule has 0 rings (SSSR count). The van der Waals surface area contributed by atoms with Crippen molar-refractivity contribution in [3.63, 3.8) is 0 Å². The van der Waals surface area contributed by atoms with E-state index in [0.717, 1.165) is 0 Å². The third-order valence-corrected chi connectivity index (χ3v) is 1.15. The van der Waals surface area contributed by atoms with Crippen LogP contribution in [0.2, 0.25) is 0 Å². The Morgan fingerprint density at radius 2 is 2.00 bits per heavy atom. The average molecular weight is 183 g/mol. The summed E-state index contributed by atoms with van der Waals surface area (Å²) < 4.78 is 0. The van der Waals surface area contributed by atoms with Crippen molar-refractivity contribution in [1.29, 1.82) is 0 Å². The van der Waals surface area contributed by atoms with E-state index in [-0.39, 0.29) is 19.0 Å². The van der Waals surface area contributed by atoms with Crippen molar-refractivity contribution in [3.8, 4) is 0 Å². The van der Waals surface area contributed by atoms with Crippen LogP contribution in [0, 0.1) is 0 Å². The molecule has 0 aliphatic rings. The second kappa shape index (κ2) is 5.93. The molecule has 0 unspecified atom stereocenters. The predicted molar refractivity (Wildman–Crippen MR) is 46.5 cm³/mol. The van der Waals surface area contributed by atoms with Crippen molar-refractivity contribution in [1.82, 2.24) is 10.6 Å². The lowest BCUT2D eigenvalue weighted by atomic mass is 10.3. The molecular weight excluding hydrogens is 172 g/mol. The Kier molecular flexibility index (Phi) is 5.18. The fourth-order valence-electron chi connectivity index (χ4n) is 0.509. The molecule has 0 saturated heterocycles. The summed E-state index contributed by atoms with van der Waals surface area (Å²) in [6.07, 6.45) is 1.50. The molecule has 0 spiro atoms. The third kappa shape index (κ3) is 5.60. The van der Waals surface area contributed by atoms with Crippen LogP contribution in [-0.4, -0.2) is 31.2 Å². The van der Waals surface area contributed by atoms with Crippen LogP contribution in [0.25, 0.3) is 0 Å². The Morgan fingerprint density at radius 1 is 1.38 bits per heavy atom. The van der Waals surface area contributed by atoms with Gasteiger partial charge >= 0.3 is 0 Å². The highest BCUT2D eigenvalue weighted by Crippen LogP contribution is 1.83. The SMILES string of the molecule is C=C(C)C(=O)NCC(=O)NC[C]=O.